The monoisotopic (exact) mass is 312 g/mol. The molecule has 120 valence electrons. The van der Waals surface area contributed by atoms with Gasteiger partial charge < -0.3 is 0 Å². The van der Waals surface area contributed by atoms with Crippen LogP contribution in [0.15, 0.2) is 66.4 Å². The fraction of sp³-hybridized carbons (Fsp3) is 0.292. The first-order valence-corrected chi connectivity index (χ1v) is 8.63. The normalized spacial score (nSPS) is 18.8. The minimum atomic E-state index is 0.0174. The van der Waals surface area contributed by atoms with Gasteiger partial charge in [-0.3, -0.25) is 0 Å². The van der Waals surface area contributed by atoms with Crippen LogP contribution in [0.25, 0.3) is 6.08 Å². The number of benzene rings is 2. The molecule has 0 radical (unpaired) electrons. The van der Waals surface area contributed by atoms with E-state index in [0.717, 1.165) is 11.1 Å². The molecule has 0 aromatic heterocycles. The summed E-state index contributed by atoms with van der Waals surface area (Å²) in [6.45, 7) is 6.40. The molecule has 0 heterocycles. The Balaban J connectivity index is 1.73. The topological polar surface area (TPSA) is 0 Å². The number of hydrogen-bond acceptors (Lipinski definition) is 0. The van der Waals surface area contributed by atoms with Gasteiger partial charge in [0.2, 0.25) is 0 Å². The Morgan fingerprint density at radius 3 is 2.42 bits per heavy atom. The third-order valence-corrected chi connectivity index (χ3v) is 4.15. The van der Waals surface area contributed by atoms with Crippen LogP contribution in [-0.2, 0) is 0 Å². The summed E-state index contributed by atoms with van der Waals surface area (Å²) in [6, 6.07) is 19.0. The Morgan fingerprint density at radius 2 is 1.67 bits per heavy atom. The Bertz CT molecular complexity index is 816. The Labute approximate surface area is 145 Å². The van der Waals surface area contributed by atoms with E-state index in [1.54, 1.807) is 0 Å². The molecule has 2 aromatic carbocycles. The van der Waals surface area contributed by atoms with Crippen molar-refractivity contribution in [2.24, 2.45) is 11.3 Å². The van der Waals surface area contributed by atoms with Crippen molar-refractivity contribution in [2.75, 3.05) is 0 Å². The van der Waals surface area contributed by atoms with Gasteiger partial charge in [-0.2, -0.15) is 0 Å². The Hall–Kier alpha value is -2.48. The van der Waals surface area contributed by atoms with Gasteiger partial charge in [0.1, 0.15) is 0 Å². The van der Waals surface area contributed by atoms with E-state index < -0.39 is 0 Å². The van der Waals surface area contributed by atoms with E-state index >= 15 is 0 Å². The lowest BCUT2D eigenvalue weighted by Crippen LogP contribution is -1.99. The third kappa shape index (κ3) is 4.51. The fourth-order valence-electron chi connectivity index (χ4n) is 2.74. The second-order valence-electron chi connectivity index (χ2n) is 7.48. The van der Waals surface area contributed by atoms with Crippen molar-refractivity contribution in [1.82, 2.24) is 0 Å². The van der Waals surface area contributed by atoms with Crippen molar-refractivity contribution in [3.63, 3.8) is 0 Å². The first kappa shape index (κ1) is 16.4. The number of allylic oxidation sites excluding steroid dienone is 1. The van der Waals surface area contributed by atoms with Crippen molar-refractivity contribution >= 4 is 6.08 Å². The lowest BCUT2D eigenvalue weighted by molar-refractivity contribution is 0.571. The highest BCUT2D eigenvalue weighted by Gasteiger charge is 2.35. The van der Waals surface area contributed by atoms with Crippen LogP contribution in [0, 0.1) is 23.2 Å². The highest BCUT2D eigenvalue weighted by Crippen LogP contribution is 2.48. The minimum absolute atomic E-state index is 0.0174. The summed E-state index contributed by atoms with van der Waals surface area (Å²) in [5.41, 5.74) is 7.06. The van der Waals surface area contributed by atoms with Crippen LogP contribution in [0.5, 0.6) is 0 Å². The largest absolute Gasteiger partial charge is 0.124 e. The molecule has 1 aliphatic rings. The van der Waals surface area contributed by atoms with Crippen LogP contribution >= 0.6 is 0 Å². The standard InChI is InChI=1S/C24H24/c1-24(2,3)17-16-20-11-8-7-10-19(20)14-9-15-22-18-23(22)21-12-5-4-6-13-21/h4-8,10-15,22-23H,18H2,1-3H3/t9?,22-,23+/m0/s1. The third-order valence-electron chi connectivity index (χ3n) is 4.15. The average Bonchev–Trinajstić information content (AvgIpc) is 3.34. The van der Waals surface area contributed by atoms with Gasteiger partial charge in [0.05, 0.1) is 0 Å². The zero-order valence-electron chi connectivity index (χ0n) is 14.7. The molecule has 0 saturated heterocycles. The lowest BCUT2D eigenvalue weighted by Gasteiger charge is -2.07. The molecule has 0 heteroatoms. The maximum atomic E-state index is 3.38. The highest BCUT2D eigenvalue weighted by atomic mass is 14.4. The first-order valence-electron chi connectivity index (χ1n) is 8.63. The van der Waals surface area contributed by atoms with Gasteiger partial charge in [-0.25, -0.2) is 0 Å². The van der Waals surface area contributed by atoms with Crippen LogP contribution in [0.4, 0.5) is 0 Å². The van der Waals surface area contributed by atoms with Crippen LogP contribution in [0.2, 0.25) is 0 Å². The van der Waals surface area contributed by atoms with Gasteiger partial charge in [0.25, 0.3) is 0 Å². The smallest absolute Gasteiger partial charge is 0.0324 e. The molecule has 1 saturated carbocycles. The van der Waals surface area contributed by atoms with Crippen molar-refractivity contribution in [2.45, 2.75) is 33.1 Å². The average molecular weight is 312 g/mol. The summed E-state index contributed by atoms with van der Waals surface area (Å²) in [6.07, 6.45) is 5.51. The van der Waals surface area contributed by atoms with Gasteiger partial charge >= 0.3 is 0 Å². The second kappa shape index (κ2) is 6.96. The predicted molar refractivity (Wildman–Crippen MR) is 103 cm³/mol. The van der Waals surface area contributed by atoms with Crippen LogP contribution in [0.3, 0.4) is 0 Å². The van der Waals surface area contributed by atoms with Gasteiger partial charge in [-0.15, -0.1) is 5.73 Å². The quantitative estimate of drug-likeness (QED) is 0.477. The van der Waals surface area contributed by atoms with Gasteiger partial charge in [-0.1, -0.05) is 60.4 Å². The second-order valence-corrected chi connectivity index (χ2v) is 7.48. The summed E-state index contributed by atoms with van der Waals surface area (Å²) in [7, 11) is 0. The van der Waals surface area contributed by atoms with E-state index in [1.807, 2.05) is 6.07 Å². The molecule has 0 spiro atoms. The van der Waals surface area contributed by atoms with E-state index in [-0.39, 0.29) is 5.41 Å². The SMILES string of the molecule is CC(C)(C)C#Cc1ccccc1C=C=C[C@H]1C[C@@H]1c1ccccc1. The molecule has 1 fully saturated rings. The molecular weight excluding hydrogens is 288 g/mol. The summed E-state index contributed by atoms with van der Waals surface area (Å²) in [5, 5.41) is 0. The number of hydrogen-bond donors (Lipinski definition) is 0. The van der Waals surface area contributed by atoms with Crippen LogP contribution in [-0.4, -0.2) is 0 Å². The molecule has 0 amide bonds. The predicted octanol–water partition coefficient (Wildman–Crippen LogP) is 6.06. The van der Waals surface area contributed by atoms with Gasteiger partial charge in [0.15, 0.2) is 0 Å². The van der Waals surface area contributed by atoms with E-state index in [9.17, 15) is 0 Å². The number of rotatable bonds is 3. The molecule has 0 N–H and O–H groups in total. The maximum absolute atomic E-state index is 3.38. The molecular formula is C24H24. The van der Waals surface area contributed by atoms with Crippen LogP contribution in [0.1, 0.15) is 49.8 Å². The Morgan fingerprint density at radius 1 is 0.958 bits per heavy atom. The summed E-state index contributed by atoms with van der Waals surface area (Å²) >= 11 is 0. The highest BCUT2D eigenvalue weighted by molar-refractivity contribution is 5.59. The van der Waals surface area contributed by atoms with E-state index in [2.05, 4.69) is 99.0 Å². The van der Waals surface area contributed by atoms with E-state index in [1.165, 1.54) is 12.0 Å². The zero-order chi connectivity index (χ0) is 17.0. The lowest BCUT2D eigenvalue weighted by atomic mass is 9.96. The van der Waals surface area contributed by atoms with Crippen molar-refractivity contribution in [1.29, 1.82) is 0 Å². The van der Waals surface area contributed by atoms with Crippen LogP contribution < -0.4 is 0 Å². The molecule has 2 atom stereocenters. The molecule has 0 unspecified atom stereocenters. The van der Waals surface area contributed by atoms with Gasteiger partial charge in [0, 0.05) is 11.0 Å². The van der Waals surface area contributed by atoms with E-state index in [4.69, 9.17) is 0 Å². The zero-order valence-corrected chi connectivity index (χ0v) is 14.7. The fourth-order valence-corrected chi connectivity index (χ4v) is 2.74. The molecule has 0 aliphatic heterocycles. The molecule has 3 rings (SSSR count). The molecule has 24 heavy (non-hydrogen) atoms. The van der Waals surface area contributed by atoms with Crippen molar-refractivity contribution < 1.29 is 0 Å². The van der Waals surface area contributed by atoms with Crippen molar-refractivity contribution in [3.8, 4) is 11.8 Å². The molecule has 0 nitrogen and oxygen atoms in total. The van der Waals surface area contributed by atoms with E-state index in [0.29, 0.717) is 11.8 Å². The summed E-state index contributed by atoms with van der Waals surface area (Å²) < 4.78 is 0. The minimum Gasteiger partial charge on any atom is -0.124 e. The maximum Gasteiger partial charge on any atom is 0.0324 e. The Kier molecular flexibility index (Phi) is 4.75. The summed E-state index contributed by atoms with van der Waals surface area (Å²) in [5.74, 6) is 7.91. The van der Waals surface area contributed by atoms with Gasteiger partial charge in [-0.05, 0) is 68.4 Å². The molecule has 1 aliphatic carbocycles. The summed E-state index contributed by atoms with van der Waals surface area (Å²) in [4.78, 5) is 0. The van der Waals surface area contributed by atoms with Crippen molar-refractivity contribution in [3.05, 3.63) is 83.1 Å². The molecule has 2 aromatic rings. The first-order chi connectivity index (χ1) is 11.5. The molecule has 0 bridgehead atoms.